The Hall–Kier alpha value is -3.25. The topological polar surface area (TPSA) is 46.6 Å². The fourth-order valence-corrected chi connectivity index (χ4v) is 5.15. The molecule has 0 spiro atoms. The van der Waals surface area contributed by atoms with Crippen molar-refractivity contribution in [3.63, 3.8) is 0 Å². The fourth-order valence-electron chi connectivity index (χ4n) is 3.85. The van der Waals surface area contributed by atoms with E-state index in [0.29, 0.717) is 27.1 Å². The standard InChI is InChI=1S/C28H19Cl2NO3S/c29-22-11-10-20(25(30)15-22)16-31-27(32)26(35-28(31)33)14-18-8-12-23(13-9-18)34-17-21-6-3-5-19-4-1-2-7-24(19)21/h1-15H,16-17H2/b26-14-. The number of carbonyl (C=O) groups excluding carboxylic acids is 2. The van der Waals surface area contributed by atoms with E-state index in [1.807, 2.05) is 42.5 Å². The van der Waals surface area contributed by atoms with Gasteiger partial charge in [-0.15, -0.1) is 0 Å². The SMILES string of the molecule is O=C1S/C(=C\c2ccc(OCc3cccc4ccccc34)cc2)C(=O)N1Cc1ccc(Cl)cc1Cl. The van der Waals surface area contributed by atoms with Gasteiger partial charge < -0.3 is 4.74 Å². The van der Waals surface area contributed by atoms with Crippen LogP contribution in [0.1, 0.15) is 16.7 Å². The minimum absolute atomic E-state index is 0.0962. The van der Waals surface area contributed by atoms with Crippen molar-refractivity contribution in [1.82, 2.24) is 4.90 Å². The van der Waals surface area contributed by atoms with Crippen LogP contribution in [0.3, 0.4) is 0 Å². The second-order valence-electron chi connectivity index (χ2n) is 8.00. The van der Waals surface area contributed by atoms with E-state index in [0.717, 1.165) is 28.6 Å². The molecule has 2 amide bonds. The average molecular weight is 520 g/mol. The van der Waals surface area contributed by atoms with Crippen LogP contribution in [0.4, 0.5) is 4.79 Å². The van der Waals surface area contributed by atoms with Crippen molar-refractivity contribution in [3.8, 4) is 5.75 Å². The normalized spacial score (nSPS) is 14.8. The Balaban J connectivity index is 1.26. The second-order valence-corrected chi connectivity index (χ2v) is 9.84. The van der Waals surface area contributed by atoms with E-state index in [1.165, 1.54) is 15.7 Å². The Labute approximate surface area is 217 Å². The van der Waals surface area contributed by atoms with Crippen LogP contribution in [0, 0.1) is 0 Å². The van der Waals surface area contributed by atoms with Gasteiger partial charge in [0, 0.05) is 10.0 Å². The van der Waals surface area contributed by atoms with Gasteiger partial charge in [0.05, 0.1) is 11.4 Å². The summed E-state index contributed by atoms with van der Waals surface area (Å²) in [6.45, 7) is 0.547. The molecule has 0 atom stereocenters. The van der Waals surface area contributed by atoms with Gasteiger partial charge in [0.25, 0.3) is 11.1 Å². The van der Waals surface area contributed by atoms with Crippen LogP contribution in [0.25, 0.3) is 16.8 Å². The van der Waals surface area contributed by atoms with Crippen molar-refractivity contribution in [2.75, 3.05) is 0 Å². The van der Waals surface area contributed by atoms with Gasteiger partial charge in [0.1, 0.15) is 12.4 Å². The molecule has 4 nitrogen and oxygen atoms in total. The Morgan fingerprint density at radius 1 is 0.857 bits per heavy atom. The van der Waals surface area contributed by atoms with Crippen molar-refractivity contribution in [3.05, 3.63) is 117 Å². The van der Waals surface area contributed by atoms with Gasteiger partial charge in [0.15, 0.2) is 0 Å². The van der Waals surface area contributed by atoms with Gasteiger partial charge in [-0.1, -0.05) is 83.9 Å². The lowest BCUT2D eigenvalue weighted by Crippen LogP contribution is -2.27. The fraction of sp³-hybridized carbons (Fsp3) is 0.0714. The van der Waals surface area contributed by atoms with E-state index < -0.39 is 0 Å². The molecule has 5 rings (SSSR count). The van der Waals surface area contributed by atoms with Crippen LogP contribution in [-0.4, -0.2) is 16.0 Å². The largest absolute Gasteiger partial charge is 0.489 e. The molecule has 1 heterocycles. The third-order valence-corrected chi connectivity index (χ3v) is 7.16. The number of ether oxygens (including phenoxy) is 1. The van der Waals surface area contributed by atoms with Gasteiger partial charge >= 0.3 is 0 Å². The van der Waals surface area contributed by atoms with Crippen LogP contribution in [0.15, 0.2) is 89.8 Å². The highest BCUT2D eigenvalue weighted by Crippen LogP contribution is 2.34. The summed E-state index contributed by atoms with van der Waals surface area (Å²) in [6.07, 6.45) is 1.71. The van der Waals surface area contributed by atoms with Crippen LogP contribution in [0.2, 0.25) is 10.0 Å². The summed E-state index contributed by atoms with van der Waals surface area (Å²) >= 11 is 13.1. The van der Waals surface area contributed by atoms with Gasteiger partial charge in [-0.25, -0.2) is 0 Å². The molecule has 0 bridgehead atoms. The highest BCUT2D eigenvalue weighted by Gasteiger charge is 2.35. The Morgan fingerprint density at radius 3 is 2.43 bits per heavy atom. The number of halogens is 2. The maximum atomic E-state index is 12.9. The predicted molar refractivity (Wildman–Crippen MR) is 143 cm³/mol. The molecule has 35 heavy (non-hydrogen) atoms. The molecule has 1 fully saturated rings. The van der Waals surface area contributed by atoms with E-state index in [2.05, 4.69) is 24.3 Å². The van der Waals surface area contributed by atoms with Crippen LogP contribution in [-0.2, 0) is 17.9 Å². The highest BCUT2D eigenvalue weighted by atomic mass is 35.5. The average Bonchev–Trinajstić information content (AvgIpc) is 3.12. The maximum Gasteiger partial charge on any atom is 0.293 e. The Kier molecular flexibility index (Phi) is 6.82. The smallest absolute Gasteiger partial charge is 0.293 e. The van der Waals surface area contributed by atoms with Crippen molar-refractivity contribution in [2.45, 2.75) is 13.2 Å². The molecular formula is C28H19Cl2NO3S. The lowest BCUT2D eigenvalue weighted by Gasteiger charge is -2.13. The number of thioether (sulfide) groups is 1. The highest BCUT2D eigenvalue weighted by molar-refractivity contribution is 8.18. The molecule has 1 aliphatic heterocycles. The summed E-state index contributed by atoms with van der Waals surface area (Å²) in [7, 11) is 0. The van der Waals surface area contributed by atoms with Gasteiger partial charge in [-0.2, -0.15) is 0 Å². The molecule has 1 saturated heterocycles. The Morgan fingerprint density at radius 2 is 1.63 bits per heavy atom. The summed E-state index contributed by atoms with van der Waals surface area (Å²) < 4.78 is 5.99. The molecule has 4 aromatic carbocycles. The lowest BCUT2D eigenvalue weighted by atomic mass is 10.1. The molecule has 0 unspecified atom stereocenters. The molecule has 174 valence electrons. The zero-order valence-electron chi connectivity index (χ0n) is 18.4. The monoisotopic (exact) mass is 519 g/mol. The first-order valence-electron chi connectivity index (χ1n) is 10.9. The van der Waals surface area contributed by atoms with E-state index in [4.69, 9.17) is 27.9 Å². The summed E-state index contributed by atoms with van der Waals surface area (Å²) in [4.78, 5) is 26.9. The molecular weight excluding hydrogens is 501 g/mol. The molecule has 0 aromatic heterocycles. The zero-order valence-corrected chi connectivity index (χ0v) is 20.7. The zero-order chi connectivity index (χ0) is 24.4. The van der Waals surface area contributed by atoms with Gasteiger partial charge in [-0.3, -0.25) is 14.5 Å². The third-order valence-electron chi connectivity index (χ3n) is 5.67. The van der Waals surface area contributed by atoms with Crippen molar-refractivity contribution >= 4 is 63.0 Å². The van der Waals surface area contributed by atoms with Gasteiger partial charge in [-0.05, 0) is 69.6 Å². The van der Waals surface area contributed by atoms with Crippen molar-refractivity contribution < 1.29 is 14.3 Å². The number of imide groups is 1. The summed E-state index contributed by atoms with van der Waals surface area (Å²) in [5.74, 6) is 0.378. The van der Waals surface area contributed by atoms with E-state index >= 15 is 0 Å². The number of hydrogen-bond acceptors (Lipinski definition) is 4. The molecule has 7 heteroatoms. The van der Waals surface area contributed by atoms with E-state index in [1.54, 1.807) is 24.3 Å². The molecule has 0 radical (unpaired) electrons. The lowest BCUT2D eigenvalue weighted by molar-refractivity contribution is -0.123. The predicted octanol–water partition coefficient (Wildman–Crippen LogP) is 7.96. The van der Waals surface area contributed by atoms with Crippen molar-refractivity contribution in [2.24, 2.45) is 0 Å². The van der Waals surface area contributed by atoms with Gasteiger partial charge in [0.2, 0.25) is 0 Å². The van der Waals surface area contributed by atoms with Crippen LogP contribution < -0.4 is 4.74 Å². The number of hydrogen-bond donors (Lipinski definition) is 0. The quantitative estimate of drug-likeness (QED) is 0.242. The van der Waals surface area contributed by atoms with E-state index in [9.17, 15) is 9.59 Å². The molecule has 0 aliphatic carbocycles. The number of amides is 2. The number of carbonyl (C=O) groups is 2. The minimum atomic E-state index is -0.345. The van der Waals surface area contributed by atoms with Crippen molar-refractivity contribution in [1.29, 1.82) is 0 Å². The minimum Gasteiger partial charge on any atom is -0.489 e. The third kappa shape index (κ3) is 5.22. The number of rotatable bonds is 6. The molecule has 0 saturated carbocycles. The first-order chi connectivity index (χ1) is 17.0. The number of benzene rings is 4. The molecule has 1 aliphatic rings. The number of nitrogens with zero attached hydrogens (tertiary/aromatic N) is 1. The summed E-state index contributed by atoms with van der Waals surface area (Å²) in [5, 5.41) is 2.93. The van der Waals surface area contributed by atoms with Crippen LogP contribution in [0.5, 0.6) is 5.75 Å². The maximum absolute atomic E-state index is 12.9. The number of fused-ring (bicyclic) bond motifs is 1. The second kappa shape index (κ2) is 10.2. The summed E-state index contributed by atoms with van der Waals surface area (Å²) in [6, 6.07) is 26.8. The summed E-state index contributed by atoms with van der Waals surface area (Å²) in [5.41, 5.74) is 2.58. The molecule has 0 N–H and O–H groups in total. The molecule has 4 aromatic rings. The Bertz CT molecular complexity index is 1460. The first-order valence-corrected chi connectivity index (χ1v) is 12.4. The van der Waals surface area contributed by atoms with E-state index in [-0.39, 0.29) is 17.7 Å². The van der Waals surface area contributed by atoms with Crippen LogP contribution >= 0.6 is 35.0 Å². The first kappa shape index (κ1) is 23.5.